The minimum absolute atomic E-state index is 0.00286. The number of para-hydroxylation sites is 1. The Balaban J connectivity index is 2.08. The second kappa shape index (κ2) is 10.9. The van der Waals surface area contributed by atoms with Crippen LogP contribution in [-0.2, 0) is 4.79 Å². The van der Waals surface area contributed by atoms with Crippen molar-refractivity contribution >= 4 is 17.5 Å². The highest BCUT2D eigenvalue weighted by molar-refractivity contribution is 6.09. The zero-order valence-corrected chi connectivity index (χ0v) is 20.0. The van der Waals surface area contributed by atoms with E-state index in [-0.39, 0.29) is 23.8 Å². The van der Waals surface area contributed by atoms with Crippen molar-refractivity contribution in [3.8, 4) is 11.1 Å². The van der Waals surface area contributed by atoms with E-state index in [0.717, 1.165) is 16.7 Å². The lowest BCUT2D eigenvalue weighted by Crippen LogP contribution is -2.35. The number of benzene rings is 2. The standard InChI is InChI=1S/C27H32N4O2/c1-6-31(25(32)16-18(2)3)26-22(21-12-10-19(4)11-13-21)8-7-9-23(26)27(33)30-20(5)24-17-28-14-15-29-24/h7-15,17-18,20H,6,16H2,1-5H3,(H,30,33). The topological polar surface area (TPSA) is 75.2 Å². The van der Waals surface area contributed by atoms with Gasteiger partial charge in [0.15, 0.2) is 0 Å². The van der Waals surface area contributed by atoms with Gasteiger partial charge >= 0.3 is 0 Å². The molecule has 172 valence electrons. The molecule has 0 fully saturated rings. The van der Waals surface area contributed by atoms with E-state index in [4.69, 9.17) is 0 Å². The van der Waals surface area contributed by atoms with E-state index in [9.17, 15) is 9.59 Å². The number of hydrogen-bond donors (Lipinski definition) is 1. The molecule has 1 atom stereocenters. The van der Waals surface area contributed by atoms with Crippen LogP contribution >= 0.6 is 0 Å². The molecule has 3 aromatic rings. The summed E-state index contributed by atoms with van der Waals surface area (Å²) in [4.78, 5) is 36.8. The van der Waals surface area contributed by atoms with E-state index in [1.54, 1.807) is 29.6 Å². The lowest BCUT2D eigenvalue weighted by Gasteiger charge is -2.28. The van der Waals surface area contributed by atoms with Gasteiger partial charge in [-0.3, -0.25) is 19.6 Å². The molecule has 0 aliphatic carbocycles. The number of hydrogen-bond acceptors (Lipinski definition) is 4. The van der Waals surface area contributed by atoms with Crippen molar-refractivity contribution in [2.24, 2.45) is 5.92 Å². The van der Waals surface area contributed by atoms with Gasteiger partial charge < -0.3 is 10.2 Å². The molecule has 1 N–H and O–H groups in total. The van der Waals surface area contributed by atoms with E-state index in [1.807, 2.05) is 71.0 Å². The molecule has 3 rings (SSSR count). The summed E-state index contributed by atoms with van der Waals surface area (Å²) in [5.41, 5.74) is 4.73. The van der Waals surface area contributed by atoms with Gasteiger partial charge in [-0.25, -0.2) is 0 Å². The monoisotopic (exact) mass is 444 g/mol. The first-order valence-corrected chi connectivity index (χ1v) is 11.4. The first kappa shape index (κ1) is 24.1. The van der Waals surface area contributed by atoms with Gasteiger partial charge in [0.2, 0.25) is 5.91 Å². The molecule has 0 spiro atoms. The summed E-state index contributed by atoms with van der Waals surface area (Å²) in [5.74, 6) is -0.0389. The Morgan fingerprint density at radius 2 is 1.76 bits per heavy atom. The number of aryl methyl sites for hydroxylation is 1. The van der Waals surface area contributed by atoms with Crippen molar-refractivity contribution in [1.29, 1.82) is 0 Å². The van der Waals surface area contributed by atoms with Gasteiger partial charge in [0.05, 0.1) is 29.2 Å². The van der Waals surface area contributed by atoms with Gasteiger partial charge in [-0.15, -0.1) is 0 Å². The number of carbonyl (C=O) groups excluding carboxylic acids is 2. The summed E-state index contributed by atoms with van der Waals surface area (Å²) in [5, 5.41) is 3.02. The number of nitrogens with zero attached hydrogens (tertiary/aromatic N) is 3. The van der Waals surface area contributed by atoms with Gasteiger partial charge in [-0.1, -0.05) is 55.8 Å². The fraction of sp³-hybridized carbons (Fsp3) is 0.333. The number of rotatable bonds is 8. The van der Waals surface area contributed by atoms with Gasteiger partial charge in [0, 0.05) is 30.9 Å². The van der Waals surface area contributed by atoms with Gasteiger partial charge in [0.25, 0.3) is 5.91 Å². The third-order valence-corrected chi connectivity index (χ3v) is 5.49. The Labute approximate surface area is 196 Å². The number of aromatic nitrogens is 2. The van der Waals surface area contributed by atoms with E-state index in [0.29, 0.717) is 29.9 Å². The van der Waals surface area contributed by atoms with Crippen molar-refractivity contribution in [3.63, 3.8) is 0 Å². The molecule has 2 aromatic carbocycles. The van der Waals surface area contributed by atoms with Crippen molar-refractivity contribution in [2.75, 3.05) is 11.4 Å². The molecule has 0 saturated heterocycles. The predicted octanol–water partition coefficient (Wildman–Crippen LogP) is 5.34. The molecule has 0 aliphatic heterocycles. The SMILES string of the molecule is CCN(C(=O)CC(C)C)c1c(C(=O)NC(C)c2cnccn2)cccc1-c1ccc(C)cc1. The Kier molecular flexibility index (Phi) is 7.93. The van der Waals surface area contributed by atoms with Crippen LogP contribution in [0, 0.1) is 12.8 Å². The lowest BCUT2D eigenvalue weighted by atomic mass is 9.96. The molecule has 33 heavy (non-hydrogen) atoms. The molecule has 2 amide bonds. The average molecular weight is 445 g/mol. The van der Waals surface area contributed by atoms with Crippen molar-refractivity contribution in [3.05, 3.63) is 77.9 Å². The van der Waals surface area contributed by atoms with Crippen molar-refractivity contribution in [1.82, 2.24) is 15.3 Å². The number of amides is 2. The minimum atomic E-state index is -0.330. The van der Waals surface area contributed by atoms with Crippen LogP contribution in [0.5, 0.6) is 0 Å². The van der Waals surface area contributed by atoms with Crippen LogP contribution in [0.25, 0.3) is 11.1 Å². The van der Waals surface area contributed by atoms with Crippen LogP contribution < -0.4 is 10.2 Å². The highest BCUT2D eigenvalue weighted by atomic mass is 16.2. The van der Waals surface area contributed by atoms with Crippen LogP contribution in [0.2, 0.25) is 0 Å². The molecule has 0 bridgehead atoms. The Bertz CT molecular complexity index is 1090. The summed E-state index contributed by atoms with van der Waals surface area (Å²) in [6.45, 7) is 10.4. The first-order valence-electron chi connectivity index (χ1n) is 11.4. The molecule has 6 nitrogen and oxygen atoms in total. The summed E-state index contributed by atoms with van der Waals surface area (Å²) in [7, 11) is 0. The summed E-state index contributed by atoms with van der Waals surface area (Å²) in [6, 6.07) is 13.4. The second-order valence-corrected chi connectivity index (χ2v) is 8.63. The summed E-state index contributed by atoms with van der Waals surface area (Å²) < 4.78 is 0. The van der Waals surface area contributed by atoms with Gasteiger partial charge in [-0.05, 0) is 38.3 Å². The maximum atomic E-state index is 13.5. The number of anilines is 1. The molecule has 0 aliphatic rings. The number of nitrogens with one attached hydrogen (secondary N) is 1. The second-order valence-electron chi connectivity index (χ2n) is 8.63. The highest BCUT2D eigenvalue weighted by Gasteiger charge is 2.26. The molecule has 6 heteroatoms. The quantitative estimate of drug-likeness (QED) is 0.509. The smallest absolute Gasteiger partial charge is 0.253 e. The average Bonchev–Trinajstić information content (AvgIpc) is 2.80. The molecule has 0 saturated carbocycles. The van der Waals surface area contributed by atoms with E-state index >= 15 is 0 Å². The highest BCUT2D eigenvalue weighted by Crippen LogP contribution is 2.35. The third-order valence-electron chi connectivity index (χ3n) is 5.49. The van der Waals surface area contributed by atoms with Crippen LogP contribution in [-0.4, -0.2) is 28.3 Å². The first-order chi connectivity index (χ1) is 15.8. The van der Waals surface area contributed by atoms with E-state index < -0.39 is 0 Å². The maximum absolute atomic E-state index is 13.5. The fourth-order valence-corrected chi connectivity index (χ4v) is 3.78. The molecule has 1 unspecified atom stereocenters. The molecular weight excluding hydrogens is 412 g/mol. The molecule has 1 aromatic heterocycles. The van der Waals surface area contributed by atoms with Crippen molar-refractivity contribution < 1.29 is 9.59 Å². The largest absolute Gasteiger partial charge is 0.344 e. The lowest BCUT2D eigenvalue weighted by molar-refractivity contribution is -0.119. The molecule has 1 heterocycles. The van der Waals surface area contributed by atoms with Crippen LogP contribution in [0.1, 0.15) is 61.8 Å². The minimum Gasteiger partial charge on any atom is -0.344 e. The van der Waals surface area contributed by atoms with E-state index in [1.165, 1.54) is 0 Å². The van der Waals surface area contributed by atoms with Crippen LogP contribution in [0.15, 0.2) is 61.1 Å². The summed E-state index contributed by atoms with van der Waals surface area (Å²) >= 11 is 0. The number of carbonyl (C=O) groups is 2. The van der Waals surface area contributed by atoms with E-state index in [2.05, 4.69) is 15.3 Å². The van der Waals surface area contributed by atoms with Crippen molar-refractivity contribution in [2.45, 2.75) is 47.1 Å². The normalized spacial score (nSPS) is 11.8. The predicted molar refractivity (Wildman–Crippen MR) is 132 cm³/mol. The zero-order chi connectivity index (χ0) is 24.0. The summed E-state index contributed by atoms with van der Waals surface area (Å²) in [6.07, 6.45) is 5.25. The fourth-order valence-electron chi connectivity index (χ4n) is 3.78. The Morgan fingerprint density at radius 1 is 1.03 bits per heavy atom. The van der Waals surface area contributed by atoms with Gasteiger partial charge in [0.1, 0.15) is 0 Å². The maximum Gasteiger partial charge on any atom is 0.253 e. The molecular formula is C27H32N4O2. The Hall–Kier alpha value is -3.54. The van der Waals surface area contributed by atoms with Crippen LogP contribution in [0.4, 0.5) is 5.69 Å². The Morgan fingerprint density at radius 3 is 2.36 bits per heavy atom. The third kappa shape index (κ3) is 5.83. The van der Waals surface area contributed by atoms with Gasteiger partial charge in [-0.2, -0.15) is 0 Å². The van der Waals surface area contributed by atoms with Crippen LogP contribution in [0.3, 0.4) is 0 Å². The zero-order valence-electron chi connectivity index (χ0n) is 20.0. The molecule has 0 radical (unpaired) electrons.